The summed E-state index contributed by atoms with van der Waals surface area (Å²) in [5, 5.41) is 15.9. The van der Waals surface area contributed by atoms with Gasteiger partial charge in [0.05, 0.1) is 41.3 Å². The number of carbonyl (C=O) groups excluding carboxylic acids is 1. The number of aromatic nitrogens is 2. The van der Waals surface area contributed by atoms with Crippen molar-refractivity contribution in [2.24, 2.45) is 0 Å². The van der Waals surface area contributed by atoms with Gasteiger partial charge in [-0.15, -0.1) is 0 Å². The Labute approximate surface area is 197 Å². The van der Waals surface area contributed by atoms with Crippen LogP contribution in [0.3, 0.4) is 0 Å². The smallest absolute Gasteiger partial charge is 0.258 e. The number of hydrogen-bond acceptors (Lipinski definition) is 8. The van der Waals surface area contributed by atoms with Crippen LogP contribution < -0.4 is 10.6 Å². The third-order valence-electron chi connectivity index (χ3n) is 5.81. The molecule has 3 N–H and O–H groups in total. The maximum atomic E-state index is 13.3. The van der Waals surface area contributed by atoms with Crippen LogP contribution in [0, 0.1) is 0 Å². The van der Waals surface area contributed by atoms with E-state index in [1.54, 1.807) is 0 Å². The molecule has 1 aromatic heterocycles. The molecule has 2 fully saturated rings. The van der Waals surface area contributed by atoms with Crippen molar-refractivity contribution in [3.8, 4) is 0 Å². The van der Waals surface area contributed by atoms with E-state index in [0.717, 1.165) is 0 Å². The standard InChI is InChI=1S/C21H26ClN5O5S/c22-19-18(33(30,31)27-7-9-32-10-8-27)6-5-17(26-21(29)14-11-23-13-24-12-14)20(19)25-15-1-3-16(28)4-2-15/h5-6,11-13,15-16,25,28H,1-4,7-10H2,(H,26,29). The average molecular weight is 496 g/mol. The molecule has 2 aromatic rings. The third-order valence-corrected chi connectivity index (χ3v) is 8.26. The molecule has 1 saturated heterocycles. The zero-order chi connectivity index (χ0) is 23.4. The normalized spacial score (nSPS) is 22.0. The zero-order valence-electron chi connectivity index (χ0n) is 17.9. The van der Waals surface area contributed by atoms with Crippen molar-refractivity contribution in [3.05, 3.63) is 41.4 Å². The van der Waals surface area contributed by atoms with E-state index in [1.165, 1.54) is 35.2 Å². The summed E-state index contributed by atoms with van der Waals surface area (Å²) < 4.78 is 33.2. The second-order valence-electron chi connectivity index (χ2n) is 8.05. The molecule has 0 atom stereocenters. The van der Waals surface area contributed by atoms with Crippen LogP contribution in [0.15, 0.2) is 35.7 Å². The summed E-state index contributed by atoms with van der Waals surface area (Å²) in [7, 11) is -3.85. The minimum Gasteiger partial charge on any atom is -0.393 e. The third kappa shape index (κ3) is 5.44. The van der Waals surface area contributed by atoms with Gasteiger partial charge < -0.3 is 20.5 Å². The number of halogens is 1. The lowest BCUT2D eigenvalue weighted by Gasteiger charge is -2.30. The molecule has 1 aliphatic carbocycles. The van der Waals surface area contributed by atoms with E-state index in [-0.39, 0.29) is 40.7 Å². The molecule has 178 valence electrons. The van der Waals surface area contributed by atoms with Gasteiger partial charge in [-0.25, -0.2) is 18.4 Å². The first kappa shape index (κ1) is 23.8. The molecule has 1 aliphatic heterocycles. The van der Waals surface area contributed by atoms with Gasteiger partial charge in [0.25, 0.3) is 5.91 Å². The highest BCUT2D eigenvalue weighted by molar-refractivity contribution is 7.89. The Morgan fingerprint density at radius 2 is 1.79 bits per heavy atom. The number of nitrogens with one attached hydrogen (secondary N) is 2. The lowest BCUT2D eigenvalue weighted by atomic mass is 9.93. The number of ether oxygens (including phenoxy) is 1. The molecule has 10 nitrogen and oxygen atoms in total. The topological polar surface area (TPSA) is 134 Å². The monoisotopic (exact) mass is 495 g/mol. The molecule has 1 aromatic carbocycles. The maximum absolute atomic E-state index is 13.3. The quantitative estimate of drug-likeness (QED) is 0.554. The second kappa shape index (κ2) is 10.3. The summed E-state index contributed by atoms with van der Waals surface area (Å²) in [5.41, 5.74) is 0.934. The highest BCUT2D eigenvalue weighted by Gasteiger charge is 2.31. The highest BCUT2D eigenvalue weighted by atomic mass is 35.5. The van der Waals surface area contributed by atoms with E-state index in [9.17, 15) is 18.3 Å². The van der Waals surface area contributed by atoms with Crippen molar-refractivity contribution < 1.29 is 23.1 Å². The van der Waals surface area contributed by atoms with Gasteiger partial charge in [0, 0.05) is 31.5 Å². The highest BCUT2D eigenvalue weighted by Crippen LogP contribution is 2.39. The van der Waals surface area contributed by atoms with E-state index in [0.29, 0.717) is 50.3 Å². The predicted octanol–water partition coefficient (Wildman–Crippen LogP) is 2.12. The number of aliphatic hydroxyl groups is 1. The molecular weight excluding hydrogens is 470 g/mol. The van der Waals surface area contributed by atoms with Crippen molar-refractivity contribution in [3.63, 3.8) is 0 Å². The minimum absolute atomic E-state index is 0.00901. The number of morpholine rings is 1. The Kier molecular flexibility index (Phi) is 7.45. The summed E-state index contributed by atoms with van der Waals surface area (Å²) >= 11 is 6.67. The Balaban J connectivity index is 1.68. The molecule has 2 aliphatic rings. The fourth-order valence-electron chi connectivity index (χ4n) is 3.96. The molecule has 0 radical (unpaired) electrons. The lowest BCUT2D eigenvalue weighted by Crippen LogP contribution is -2.40. The average Bonchev–Trinajstić information content (AvgIpc) is 2.83. The van der Waals surface area contributed by atoms with E-state index >= 15 is 0 Å². The molecule has 4 rings (SSSR count). The van der Waals surface area contributed by atoms with Crippen molar-refractivity contribution in [2.45, 2.75) is 42.7 Å². The molecule has 0 bridgehead atoms. The minimum atomic E-state index is -3.85. The molecule has 2 heterocycles. The van der Waals surface area contributed by atoms with Gasteiger partial charge in [0.1, 0.15) is 11.2 Å². The van der Waals surface area contributed by atoms with Crippen molar-refractivity contribution >= 4 is 38.9 Å². The number of aliphatic hydroxyl groups excluding tert-OH is 1. The number of carbonyl (C=O) groups is 1. The Morgan fingerprint density at radius 1 is 1.12 bits per heavy atom. The van der Waals surface area contributed by atoms with Crippen LogP contribution in [-0.4, -0.2) is 72.2 Å². The number of amides is 1. The van der Waals surface area contributed by atoms with E-state index < -0.39 is 15.9 Å². The van der Waals surface area contributed by atoms with Gasteiger partial charge in [-0.3, -0.25) is 4.79 Å². The predicted molar refractivity (Wildman–Crippen MR) is 123 cm³/mol. The number of rotatable bonds is 6. The molecule has 1 amide bonds. The summed E-state index contributed by atoms with van der Waals surface area (Å²) in [6.45, 7) is 1.13. The first-order valence-corrected chi connectivity index (χ1v) is 12.6. The number of hydrogen-bond donors (Lipinski definition) is 3. The van der Waals surface area contributed by atoms with Crippen LogP contribution in [0.2, 0.25) is 5.02 Å². The fourth-order valence-corrected chi connectivity index (χ4v) is 5.95. The van der Waals surface area contributed by atoms with Crippen LogP contribution in [0.1, 0.15) is 36.0 Å². The van der Waals surface area contributed by atoms with Gasteiger partial charge in [-0.05, 0) is 37.8 Å². The van der Waals surface area contributed by atoms with Crippen LogP contribution in [0.4, 0.5) is 11.4 Å². The first-order chi connectivity index (χ1) is 15.9. The number of sulfonamides is 1. The van der Waals surface area contributed by atoms with Gasteiger partial charge in [0.15, 0.2) is 0 Å². The van der Waals surface area contributed by atoms with E-state index in [2.05, 4.69) is 20.6 Å². The van der Waals surface area contributed by atoms with Crippen LogP contribution in [0.25, 0.3) is 0 Å². The Bertz CT molecular complexity index is 1090. The van der Waals surface area contributed by atoms with Crippen molar-refractivity contribution in [1.29, 1.82) is 0 Å². The van der Waals surface area contributed by atoms with Crippen LogP contribution in [-0.2, 0) is 14.8 Å². The molecule has 1 saturated carbocycles. The number of nitrogens with zero attached hydrogens (tertiary/aromatic N) is 3. The Morgan fingerprint density at radius 3 is 2.45 bits per heavy atom. The van der Waals surface area contributed by atoms with Gasteiger partial charge in [-0.2, -0.15) is 4.31 Å². The van der Waals surface area contributed by atoms with Gasteiger partial charge in [0.2, 0.25) is 10.0 Å². The van der Waals surface area contributed by atoms with E-state index in [1.807, 2.05) is 0 Å². The summed E-state index contributed by atoms with van der Waals surface area (Å²) in [6, 6.07) is 2.91. The summed E-state index contributed by atoms with van der Waals surface area (Å²) in [4.78, 5) is 20.4. The zero-order valence-corrected chi connectivity index (χ0v) is 19.5. The van der Waals surface area contributed by atoms with Crippen molar-refractivity contribution in [2.75, 3.05) is 36.9 Å². The second-order valence-corrected chi connectivity index (χ2v) is 10.3. The molecular formula is C21H26ClN5O5S. The molecule has 0 spiro atoms. The largest absolute Gasteiger partial charge is 0.393 e. The van der Waals surface area contributed by atoms with Gasteiger partial charge in [-0.1, -0.05) is 11.6 Å². The summed E-state index contributed by atoms with van der Waals surface area (Å²) in [6.07, 6.45) is 6.39. The SMILES string of the molecule is O=C(Nc1ccc(S(=O)(=O)N2CCOCC2)c(Cl)c1NC1CCC(O)CC1)c1cncnc1. The lowest BCUT2D eigenvalue weighted by molar-refractivity contribution is 0.0730. The first-order valence-electron chi connectivity index (χ1n) is 10.8. The van der Waals surface area contributed by atoms with Crippen molar-refractivity contribution in [1.82, 2.24) is 14.3 Å². The fraction of sp³-hybridized carbons (Fsp3) is 0.476. The number of anilines is 2. The van der Waals surface area contributed by atoms with E-state index in [4.69, 9.17) is 16.3 Å². The van der Waals surface area contributed by atoms with Gasteiger partial charge >= 0.3 is 0 Å². The van der Waals surface area contributed by atoms with Crippen LogP contribution in [0.5, 0.6) is 0 Å². The number of benzene rings is 1. The van der Waals surface area contributed by atoms with Crippen LogP contribution >= 0.6 is 11.6 Å². The molecule has 0 unspecified atom stereocenters. The summed E-state index contributed by atoms with van der Waals surface area (Å²) in [5.74, 6) is -0.447. The maximum Gasteiger partial charge on any atom is 0.258 e. The Hall–Kier alpha value is -2.31. The molecule has 12 heteroatoms. The molecule has 33 heavy (non-hydrogen) atoms.